The molecule has 0 aromatic carbocycles. The van der Waals surface area contributed by atoms with Crippen LogP contribution in [0.2, 0.25) is 0 Å². The fraction of sp³-hybridized carbons (Fsp3) is 0.600. The topological polar surface area (TPSA) is 66.4 Å². The second-order valence-electron chi connectivity index (χ2n) is 3.18. The Morgan fingerprint density at radius 2 is 2.07 bits per heavy atom. The molecule has 80 valence electrons. The highest BCUT2D eigenvalue weighted by atomic mass is 16.4. The maximum absolute atomic E-state index is 10.7. The molecule has 0 bridgehead atoms. The molecule has 14 heavy (non-hydrogen) atoms. The number of amides is 1. The number of carbonyl (C=O) groups is 2. The van der Waals surface area contributed by atoms with Crippen LogP contribution in [0.5, 0.6) is 0 Å². The molecule has 0 saturated carbocycles. The standard InChI is InChI=1S/C10H17NO3/c1-3-4-5-6-8(2)9(10(13)14)11-7-12/h7H,3-6H2,1-2H3,(H,11,12)(H,13,14)/b9-8+. The average molecular weight is 199 g/mol. The van der Waals surface area contributed by atoms with Crippen molar-refractivity contribution in [1.29, 1.82) is 0 Å². The van der Waals surface area contributed by atoms with E-state index in [0.29, 0.717) is 6.41 Å². The van der Waals surface area contributed by atoms with Crippen molar-refractivity contribution in [1.82, 2.24) is 5.32 Å². The molecule has 0 unspecified atom stereocenters. The Morgan fingerprint density at radius 1 is 1.43 bits per heavy atom. The molecule has 0 fully saturated rings. The van der Waals surface area contributed by atoms with E-state index < -0.39 is 5.97 Å². The Bertz CT molecular complexity index is 234. The van der Waals surface area contributed by atoms with Crippen LogP contribution in [0.1, 0.15) is 39.5 Å². The lowest BCUT2D eigenvalue weighted by molar-refractivity contribution is -0.133. The molecule has 0 radical (unpaired) electrons. The van der Waals surface area contributed by atoms with Crippen LogP contribution in [-0.2, 0) is 9.59 Å². The molecule has 0 aliphatic carbocycles. The Labute approximate surface area is 84.0 Å². The molecule has 0 aliphatic rings. The molecule has 4 heteroatoms. The number of nitrogens with one attached hydrogen (secondary N) is 1. The zero-order chi connectivity index (χ0) is 11.0. The first-order chi connectivity index (χ1) is 6.63. The Morgan fingerprint density at radius 3 is 2.50 bits per heavy atom. The van der Waals surface area contributed by atoms with Gasteiger partial charge in [0.15, 0.2) is 0 Å². The zero-order valence-corrected chi connectivity index (χ0v) is 8.67. The largest absolute Gasteiger partial charge is 0.477 e. The summed E-state index contributed by atoms with van der Waals surface area (Å²) in [6.07, 6.45) is 4.24. The van der Waals surface area contributed by atoms with Gasteiger partial charge in [0.05, 0.1) is 0 Å². The van der Waals surface area contributed by atoms with Crippen molar-refractivity contribution in [2.24, 2.45) is 0 Å². The van der Waals surface area contributed by atoms with Gasteiger partial charge in [0, 0.05) is 0 Å². The Hall–Kier alpha value is -1.32. The average Bonchev–Trinajstić information content (AvgIpc) is 2.13. The molecule has 4 nitrogen and oxygen atoms in total. The third-order valence-electron chi connectivity index (χ3n) is 2.00. The number of unbranched alkanes of at least 4 members (excludes halogenated alkanes) is 2. The van der Waals surface area contributed by atoms with Crippen LogP contribution in [-0.4, -0.2) is 17.5 Å². The number of carboxylic acid groups (broad SMARTS) is 1. The van der Waals surface area contributed by atoms with Gasteiger partial charge in [0.2, 0.25) is 6.41 Å². The van der Waals surface area contributed by atoms with E-state index in [-0.39, 0.29) is 5.70 Å². The molecule has 2 N–H and O–H groups in total. The number of carbonyl (C=O) groups excluding carboxylic acids is 1. The van der Waals surface area contributed by atoms with Gasteiger partial charge in [-0.15, -0.1) is 0 Å². The van der Waals surface area contributed by atoms with Gasteiger partial charge in [-0.25, -0.2) is 4.79 Å². The summed E-state index contributed by atoms with van der Waals surface area (Å²) in [6, 6.07) is 0. The van der Waals surface area contributed by atoms with Crippen molar-refractivity contribution in [3.05, 3.63) is 11.3 Å². The molecule has 0 aromatic heterocycles. The molecule has 0 aliphatic heterocycles. The maximum Gasteiger partial charge on any atom is 0.352 e. The first-order valence-electron chi connectivity index (χ1n) is 4.76. The lowest BCUT2D eigenvalue weighted by Crippen LogP contribution is -2.20. The predicted molar refractivity (Wildman–Crippen MR) is 53.7 cm³/mol. The number of aliphatic carboxylic acids is 1. The summed E-state index contributed by atoms with van der Waals surface area (Å²) in [4.78, 5) is 20.8. The van der Waals surface area contributed by atoms with Crippen LogP contribution < -0.4 is 5.32 Å². The fourth-order valence-corrected chi connectivity index (χ4v) is 1.19. The van der Waals surface area contributed by atoms with Crippen LogP contribution in [0.25, 0.3) is 0 Å². The van der Waals surface area contributed by atoms with E-state index in [0.717, 1.165) is 31.3 Å². The second kappa shape index (κ2) is 7.12. The van der Waals surface area contributed by atoms with Crippen molar-refractivity contribution in [3.8, 4) is 0 Å². The van der Waals surface area contributed by atoms with Gasteiger partial charge < -0.3 is 10.4 Å². The summed E-state index contributed by atoms with van der Waals surface area (Å²) >= 11 is 0. The van der Waals surface area contributed by atoms with Crippen molar-refractivity contribution in [2.45, 2.75) is 39.5 Å². The third-order valence-corrected chi connectivity index (χ3v) is 2.00. The molecule has 1 amide bonds. The van der Waals surface area contributed by atoms with E-state index in [1.165, 1.54) is 0 Å². The number of rotatable bonds is 7. The van der Waals surface area contributed by atoms with Crippen molar-refractivity contribution in [3.63, 3.8) is 0 Å². The lowest BCUT2D eigenvalue weighted by Gasteiger charge is -2.06. The maximum atomic E-state index is 10.7. The minimum Gasteiger partial charge on any atom is -0.477 e. The second-order valence-corrected chi connectivity index (χ2v) is 3.18. The zero-order valence-electron chi connectivity index (χ0n) is 8.67. The highest BCUT2D eigenvalue weighted by Gasteiger charge is 2.09. The minimum atomic E-state index is -1.08. The summed E-state index contributed by atoms with van der Waals surface area (Å²) in [5, 5.41) is 11.0. The molecular formula is C10H17NO3. The molecule has 0 atom stereocenters. The van der Waals surface area contributed by atoms with Gasteiger partial charge in [0.1, 0.15) is 5.70 Å². The minimum absolute atomic E-state index is 0.0103. The molecule has 0 rings (SSSR count). The van der Waals surface area contributed by atoms with E-state index in [1.807, 2.05) is 0 Å². The van der Waals surface area contributed by atoms with E-state index in [2.05, 4.69) is 12.2 Å². The van der Waals surface area contributed by atoms with Crippen LogP contribution in [0.15, 0.2) is 11.3 Å². The molecule has 0 aromatic rings. The number of hydrogen-bond donors (Lipinski definition) is 2. The van der Waals surface area contributed by atoms with E-state index in [9.17, 15) is 9.59 Å². The number of allylic oxidation sites excluding steroid dienone is 1. The summed E-state index contributed by atoms with van der Waals surface area (Å²) in [7, 11) is 0. The molecular weight excluding hydrogens is 182 g/mol. The lowest BCUT2D eigenvalue weighted by atomic mass is 10.1. The van der Waals surface area contributed by atoms with Gasteiger partial charge in [0.25, 0.3) is 0 Å². The first kappa shape index (κ1) is 12.7. The number of carboxylic acids is 1. The first-order valence-corrected chi connectivity index (χ1v) is 4.76. The van der Waals surface area contributed by atoms with Crippen LogP contribution in [0.4, 0.5) is 0 Å². The third kappa shape index (κ3) is 4.64. The fourth-order valence-electron chi connectivity index (χ4n) is 1.19. The van der Waals surface area contributed by atoms with Gasteiger partial charge >= 0.3 is 5.97 Å². The van der Waals surface area contributed by atoms with E-state index in [1.54, 1.807) is 6.92 Å². The van der Waals surface area contributed by atoms with E-state index in [4.69, 9.17) is 5.11 Å². The molecule has 0 spiro atoms. The summed E-state index contributed by atoms with van der Waals surface area (Å²) in [5.74, 6) is -1.08. The normalized spacial score (nSPS) is 11.9. The van der Waals surface area contributed by atoms with Crippen molar-refractivity contribution < 1.29 is 14.7 Å². The van der Waals surface area contributed by atoms with Crippen LogP contribution in [0, 0.1) is 0 Å². The molecule has 0 heterocycles. The van der Waals surface area contributed by atoms with Crippen LogP contribution >= 0.6 is 0 Å². The predicted octanol–water partition coefficient (Wildman–Crippen LogP) is 1.67. The quantitative estimate of drug-likeness (QED) is 0.372. The van der Waals surface area contributed by atoms with Gasteiger partial charge in [-0.05, 0) is 25.3 Å². The smallest absolute Gasteiger partial charge is 0.352 e. The summed E-state index contributed by atoms with van der Waals surface area (Å²) in [5.41, 5.74) is 0.731. The highest BCUT2D eigenvalue weighted by molar-refractivity contribution is 5.89. The van der Waals surface area contributed by atoms with E-state index >= 15 is 0 Å². The van der Waals surface area contributed by atoms with Crippen molar-refractivity contribution in [2.75, 3.05) is 0 Å². The Kier molecular flexibility index (Phi) is 6.45. The highest BCUT2D eigenvalue weighted by Crippen LogP contribution is 2.11. The van der Waals surface area contributed by atoms with Gasteiger partial charge in [-0.1, -0.05) is 19.8 Å². The van der Waals surface area contributed by atoms with Gasteiger partial charge in [-0.2, -0.15) is 0 Å². The molecule has 0 saturated heterocycles. The van der Waals surface area contributed by atoms with Crippen LogP contribution in [0.3, 0.4) is 0 Å². The van der Waals surface area contributed by atoms with Gasteiger partial charge in [-0.3, -0.25) is 4.79 Å². The number of hydrogen-bond acceptors (Lipinski definition) is 2. The van der Waals surface area contributed by atoms with Crippen molar-refractivity contribution >= 4 is 12.4 Å². The SMILES string of the molecule is CCCCC/C(C)=C(/NC=O)C(=O)O. The monoisotopic (exact) mass is 199 g/mol. The Balaban J connectivity index is 4.31. The summed E-state index contributed by atoms with van der Waals surface area (Å²) < 4.78 is 0. The summed E-state index contributed by atoms with van der Waals surface area (Å²) in [6.45, 7) is 3.82.